The van der Waals surface area contributed by atoms with E-state index in [9.17, 15) is 9.59 Å². The lowest BCUT2D eigenvalue weighted by molar-refractivity contribution is -0.143. The number of aromatic nitrogens is 2. The summed E-state index contributed by atoms with van der Waals surface area (Å²) in [5, 5.41) is 0. The molecule has 0 radical (unpaired) electrons. The predicted molar refractivity (Wildman–Crippen MR) is 184 cm³/mol. The molecular formula is C38H49FN4O5. The van der Waals surface area contributed by atoms with Crippen molar-refractivity contribution >= 4 is 23.4 Å². The standard InChI is InChI=1S/C38H49FN4O5/c1-7-47-34(44)22-30(27-11-12-27)28-15-18-40-33(21-28)48-23-26-16-19-42(20-17-26)36-29(13-14-31(46-6)35(36)39)37(45)43(24-38(3,4)5)32-10-8-9-25(2)41-32/h8-10,13-15,18,21,26-27,30H,7,11-12,16-17,19-20,22-24H2,1-6H3. The molecule has 0 bridgehead atoms. The average Bonchev–Trinajstić information content (AvgIpc) is 3.90. The first-order chi connectivity index (χ1) is 23.0. The van der Waals surface area contributed by atoms with Gasteiger partial charge in [-0.05, 0) is 98.6 Å². The Morgan fingerprint density at radius 1 is 1.08 bits per heavy atom. The average molecular weight is 661 g/mol. The maximum Gasteiger partial charge on any atom is 0.306 e. The number of pyridine rings is 2. The van der Waals surface area contributed by atoms with Gasteiger partial charge in [0.05, 0.1) is 38.0 Å². The monoisotopic (exact) mass is 660 g/mol. The fraction of sp³-hybridized carbons (Fsp3) is 0.526. The Labute approximate surface area is 283 Å². The van der Waals surface area contributed by atoms with Crippen molar-refractivity contribution in [3.63, 3.8) is 0 Å². The molecule has 1 unspecified atom stereocenters. The minimum Gasteiger partial charge on any atom is -0.494 e. The van der Waals surface area contributed by atoms with Crippen LogP contribution in [0.2, 0.25) is 0 Å². The lowest BCUT2D eigenvalue weighted by Crippen LogP contribution is -2.41. The normalized spacial score (nSPS) is 15.9. The third kappa shape index (κ3) is 8.82. The molecule has 0 spiro atoms. The van der Waals surface area contributed by atoms with Crippen molar-refractivity contribution in [1.82, 2.24) is 9.97 Å². The molecule has 5 rings (SSSR count). The number of aryl methyl sites for hydroxylation is 1. The van der Waals surface area contributed by atoms with Crippen LogP contribution in [0.5, 0.6) is 11.6 Å². The fourth-order valence-electron chi connectivity index (χ4n) is 6.46. The van der Waals surface area contributed by atoms with Crippen LogP contribution in [0.1, 0.15) is 87.3 Å². The van der Waals surface area contributed by atoms with E-state index >= 15 is 4.39 Å². The number of esters is 1. The Kier molecular flexibility index (Phi) is 11.2. The number of carbonyl (C=O) groups is 2. The summed E-state index contributed by atoms with van der Waals surface area (Å²) in [6.45, 7) is 12.3. The molecule has 1 aromatic carbocycles. The molecule has 3 heterocycles. The van der Waals surface area contributed by atoms with Gasteiger partial charge in [-0.1, -0.05) is 26.8 Å². The zero-order chi connectivity index (χ0) is 34.4. The number of carbonyl (C=O) groups excluding carboxylic acids is 2. The molecule has 1 saturated carbocycles. The van der Waals surface area contributed by atoms with E-state index in [1.54, 1.807) is 17.2 Å². The van der Waals surface area contributed by atoms with Gasteiger partial charge in [-0.3, -0.25) is 14.5 Å². The predicted octanol–water partition coefficient (Wildman–Crippen LogP) is 7.37. The summed E-state index contributed by atoms with van der Waals surface area (Å²) in [5.41, 5.74) is 2.17. The highest BCUT2D eigenvalue weighted by Crippen LogP contribution is 2.45. The van der Waals surface area contributed by atoms with E-state index < -0.39 is 5.82 Å². The molecule has 258 valence electrons. The molecule has 1 atom stereocenters. The van der Waals surface area contributed by atoms with Crippen LogP contribution in [0, 0.1) is 30.0 Å². The first-order valence-electron chi connectivity index (χ1n) is 17.1. The summed E-state index contributed by atoms with van der Waals surface area (Å²) >= 11 is 0. The number of halogens is 1. The van der Waals surface area contributed by atoms with Crippen molar-refractivity contribution < 1.29 is 28.2 Å². The van der Waals surface area contributed by atoms with E-state index in [0.717, 1.165) is 36.9 Å². The van der Waals surface area contributed by atoms with Crippen LogP contribution in [0.25, 0.3) is 0 Å². The molecule has 2 aliphatic rings. The third-order valence-electron chi connectivity index (χ3n) is 9.03. The van der Waals surface area contributed by atoms with Gasteiger partial charge in [-0.2, -0.15) is 0 Å². The van der Waals surface area contributed by atoms with Crippen molar-refractivity contribution in [1.29, 1.82) is 0 Å². The van der Waals surface area contributed by atoms with E-state index in [-0.39, 0.29) is 46.1 Å². The fourth-order valence-corrected chi connectivity index (χ4v) is 6.46. The number of nitrogens with zero attached hydrogens (tertiary/aromatic N) is 4. The van der Waals surface area contributed by atoms with Gasteiger partial charge in [0.1, 0.15) is 5.82 Å². The molecule has 1 saturated heterocycles. The first-order valence-corrected chi connectivity index (χ1v) is 17.1. The molecule has 10 heteroatoms. The van der Waals surface area contributed by atoms with Crippen molar-refractivity contribution in [3.05, 3.63) is 71.3 Å². The number of ether oxygens (including phenoxy) is 3. The second-order valence-corrected chi connectivity index (χ2v) is 14.2. The van der Waals surface area contributed by atoms with E-state index in [4.69, 9.17) is 14.2 Å². The lowest BCUT2D eigenvalue weighted by atomic mass is 9.92. The number of hydrogen-bond acceptors (Lipinski definition) is 8. The minimum absolute atomic E-state index is 0.0986. The van der Waals surface area contributed by atoms with Gasteiger partial charge in [0.2, 0.25) is 5.88 Å². The van der Waals surface area contributed by atoms with Gasteiger partial charge in [-0.25, -0.2) is 14.4 Å². The van der Waals surface area contributed by atoms with Crippen LogP contribution < -0.4 is 19.3 Å². The van der Waals surface area contributed by atoms with Gasteiger partial charge >= 0.3 is 5.97 Å². The zero-order valence-corrected chi connectivity index (χ0v) is 29.1. The number of rotatable bonds is 13. The summed E-state index contributed by atoms with van der Waals surface area (Å²) in [4.78, 5) is 39.2. The number of amides is 1. The van der Waals surface area contributed by atoms with Crippen LogP contribution in [0.3, 0.4) is 0 Å². The van der Waals surface area contributed by atoms with Gasteiger partial charge < -0.3 is 19.1 Å². The van der Waals surface area contributed by atoms with Crippen LogP contribution in [-0.4, -0.2) is 61.8 Å². The maximum absolute atomic E-state index is 16.1. The van der Waals surface area contributed by atoms with Crippen LogP contribution in [-0.2, 0) is 9.53 Å². The molecule has 2 fully saturated rings. The molecule has 9 nitrogen and oxygen atoms in total. The molecular weight excluding hydrogens is 611 g/mol. The van der Waals surface area contributed by atoms with Crippen LogP contribution >= 0.6 is 0 Å². The summed E-state index contributed by atoms with van der Waals surface area (Å²) in [7, 11) is 1.43. The first kappa shape index (κ1) is 35.1. The highest BCUT2D eigenvalue weighted by Gasteiger charge is 2.35. The van der Waals surface area contributed by atoms with Crippen LogP contribution in [0.4, 0.5) is 15.9 Å². The third-order valence-corrected chi connectivity index (χ3v) is 9.03. The molecule has 2 aromatic heterocycles. The maximum atomic E-state index is 16.1. The van der Waals surface area contributed by atoms with Gasteiger partial charge in [-0.15, -0.1) is 0 Å². The summed E-state index contributed by atoms with van der Waals surface area (Å²) in [6.07, 6.45) is 5.83. The molecule has 0 N–H and O–H groups in total. The molecule has 1 aliphatic carbocycles. The molecule has 1 amide bonds. The number of piperidine rings is 1. The number of methoxy groups -OCH3 is 1. The molecule has 48 heavy (non-hydrogen) atoms. The van der Waals surface area contributed by atoms with Gasteiger partial charge in [0, 0.05) is 37.6 Å². The molecule has 1 aliphatic heterocycles. The van der Waals surface area contributed by atoms with Crippen molar-refractivity contribution in [2.75, 3.05) is 49.8 Å². The smallest absolute Gasteiger partial charge is 0.306 e. The largest absolute Gasteiger partial charge is 0.494 e. The summed E-state index contributed by atoms with van der Waals surface area (Å²) < 4.78 is 32.8. The highest BCUT2D eigenvalue weighted by atomic mass is 19.1. The number of benzene rings is 1. The van der Waals surface area contributed by atoms with Crippen molar-refractivity contribution in [3.8, 4) is 11.6 Å². The SMILES string of the molecule is CCOC(=O)CC(c1ccnc(OCC2CCN(c3c(C(=O)N(CC(C)(C)C)c4cccc(C)n4)ccc(OC)c3F)CC2)c1)C1CC1. The Bertz CT molecular complexity index is 1580. The van der Waals surface area contributed by atoms with E-state index in [2.05, 4.69) is 30.7 Å². The van der Waals surface area contributed by atoms with E-state index in [0.29, 0.717) is 56.9 Å². The number of anilines is 2. The number of hydrogen-bond donors (Lipinski definition) is 0. The van der Waals surface area contributed by atoms with E-state index in [1.807, 2.05) is 49.1 Å². The lowest BCUT2D eigenvalue weighted by Gasteiger charge is -2.36. The Balaban J connectivity index is 1.29. The molecule has 3 aromatic rings. The Morgan fingerprint density at radius 2 is 1.83 bits per heavy atom. The second-order valence-electron chi connectivity index (χ2n) is 14.2. The Hall–Kier alpha value is -4.21. The van der Waals surface area contributed by atoms with Crippen molar-refractivity contribution in [2.24, 2.45) is 17.3 Å². The highest BCUT2D eigenvalue weighted by molar-refractivity contribution is 6.09. The summed E-state index contributed by atoms with van der Waals surface area (Å²) in [6, 6.07) is 12.7. The summed E-state index contributed by atoms with van der Waals surface area (Å²) in [5.74, 6) is 0.975. The zero-order valence-electron chi connectivity index (χ0n) is 29.1. The Morgan fingerprint density at radius 3 is 2.48 bits per heavy atom. The van der Waals surface area contributed by atoms with Crippen molar-refractivity contribution in [2.45, 2.75) is 72.6 Å². The van der Waals surface area contributed by atoms with E-state index in [1.165, 1.54) is 13.2 Å². The minimum atomic E-state index is -0.542. The van der Waals surface area contributed by atoms with Crippen LogP contribution in [0.15, 0.2) is 48.7 Å². The topological polar surface area (TPSA) is 94.1 Å². The second kappa shape index (κ2) is 15.3. The quantitative estimate of drug-likeness (QED) is 0.176. The van der Waals surface area contributed by atoms with Gasteiger partial charge in [0.25, 0.3) is 5.91 Å². The van der Waals surface area contributed by atoms with Gasteiger partial charge in [0.15, 0.2) is 11.6 Å².